The summed E-state index contributed by atoms with van der Waals surface area (Å²) in [4.78, 5) is 8.92. The fourth-order valence-corrected chi connectivity index (χ4v) is 2.89. The van der Waals surface area contributed by atoms with Crippen LogP contribution in [0.3, 0.4) is 0 Å². The largest absolute Gasteiger partial charge is 0.355 e. The highest BCUT2D eigenvalue weighted by Gasteiger charge is 2.22. The van der Waals surface area contributed by atoms with E-state index in [0.717, 1.165) is 37.3 Å². The van der Waals surface area contributed by atoms with Crippen molar-refractivity contribution >= 4 is 17.4 Å². The summed E-state index contributed by atoms with van der Waals surface area (Å²) in [5.41, 5.74) is 1.44. The minimum atomic E-state index is 0.561. The van der Waals surface area contributed by atoms with Crippen LogP contribution in [0.1, 0.15) is 30.4 Å². The number of pyridine rings is 1. The van der Waals surface area contributed by atoms with Crippen LogP contribution in [0.25, 0.3) is 0 Å². The lowest BCUT2D eigenvalue weighted by Crippen LogP contribution is -2.30. The molecule has 108 valence electrons. The number of aromatic nitrogens is 1. The molecule has 1 fully saturated rings. The molecule has 0 N–H and O–H groups in total. The van der Waals surface area contributed by atoms with Crippen LogP contribution in [-0.2, 0) is 0 Å². The Morgan fingerprint density at radius 1 is 1.40 bits per heavy atom. The van der Waals surface area contributed by atoms with Gasteiger partial charge in [-0.1, -0.05) is 11.6 Å². The van der Waals surface area contributed by atoms with Crippen LogP contribution < -0.4 is 4.90 Å². The average Bonchev–Trinajstić information content (AvgIpc) is 2.67. The van der Waals surface area contributed by atoms with E-state index in [0.29, 0.717) is 16.6 Å². The second-order valence-corrected chi connectivity index (χ2v) is 5.98. The van der Waals surface area contributed by atoms with Crippen LogP contribution in [0, 0.1) is 18.3 Å². The Morgan fingerprint density at radius 3 is 2.80 bits per heavy atom. The van der Waals surface area contributed by atoms with Gasteiger partial charge in [0.1, 0.15) is 11.9 Å². The zero-order valence-electron chi connectivity index (χ0n) is 12.4. The van der Waals surface area contributed by atoms with E-state index in [2.05, 4.69) is 34.9 Å². The number of nitrogens with zero attached hydrogens (tertiary/aromatic N) is 4. The fraction of sp³-hybridized carbons (Fsp3) is 0.600. The van der Waals surface area contributed by atoms with E-state index in [1.165, 1.54) is 6.42 Å². The molecule has 20 heavy (non-hydrogen) atoms. The lowest BCUT2D eigenvalue weighted by Gasteiger charge is -2.25. The van der Waals surface area contributed by atoms with E-state index < -0.39 is 0 Å². The molecule has 1 atom stereocenters. The Labute approximate surface area is 126 Å². The molecule has 0 radical (unpaired) electrons. The molecule has 1 aliphatic heterocycles. The van der Waals surface area contributed by atoms with Gasteiger partial charge in [-0.3, -0.25) is 0 Å². The maximum atomic E-state index is 9.38. The standard InChI is InChI=1S/C15H21ClN4/c1-11-13(9-17)15(18-10-14(11)16)20-7-4-5-12(6-8-20)19(2)3/h10,12H,4-8H2,1-3H3/t12-/m1/s1. The van der Waals surface area contributed by atoms with Crippen molar-refractivity contribution in [1.29, 1.82) is 5.26 Å². The van der Waals surface area contributed by atoms with Crippen molar-refractivity contribution in [2.75, 3.05) is 32.1 Å². The van der Waals surface area contributed by atoms with Gasteiger partial charge in [0.25, 0.3) is 0 Å². The van der Waals surface area contributed by atoms with Crippen LogP contribution in [0.2, 0.25) is 5.02 Å². The molecule has 1 aromatic heterocycles. The van der Waals surface area contributed by atoms with Gasteiger partial charge in [-0.15, -0.1) is 0 Å². The maximum absolute atomic E-state index is 9.38. The molecule has 0 aliphatic carbocycles. The zero-order valence-corrected chi connectivity index (χ0v) is 13.1. The SMILES string of the molecule is Cc1c(Cl)cnc(N2CCC[C@@H](N(C)C)CC2)c1C#N. The van der Waals surface area contributed by atoms with Crippen LogP contribution >= 0.6 is 11.6 Å². The quantitative estimate of drug-likeness (QED) is 0.841. The highest BCUT2D eigenvalue weighted by Crippen LogP contribution is 2.28. The molecule has 0 aromatic carbocycles. The van der Waals surface area contributed by atoms with E-state index in [1.807, 2.05) is 6.92 Å². The van der Waals surface area contributed by atoms with Gasteiger partial charge in [0.15, 0.2) is 0 Å². The van der Waals surface area contributed by atoms with Crippen molar-refractivity contribution in [3.8, 4) is 6.07 Å². The monoisotopic (exact) mass is 292 g/mol. The number of hydrogen-bond acceptors (Lipinski definition) is 4. The summed E-state index contributed by atoms with van der Waals surface area (Å²) in [7, 11) is 4.26. The van der Waals surface area contributed by atoms with Crippen molar-refractivity contribution in [2.45, 2.75) is 32.2 Å². The van der Waals surface area contributed by atoms with Gasteiger partial charge in [-0.2, -0.15) is 5.26 Å². The predicted octanol–water partition coefficient (Wildman–Crippen LogP) is 2.84. The van der Waals surface area contributed by atoms with E-state index >= 15 is 0 Å². The molecule has 2 heterocycles. The molecular formula is C15H21ClN4. The predicted molar refractivity (Wildman–Crippen MR) is 82.2 cm³/mol. The minimum Gasteiger partial charge on any atom is -0.355 e. The molecule has 1 aromatic rings. The molecule has 2 rings (SSSR count). The third-order valence-electron chi connectivity index (χ3n) is 4.10. The maximum Gasteiger partial charge on any atom is 0.146 e. The van der Waals surface area contributed by atoms with E-state index in [-0.39, 0.29) is 0 Å². The van der Waals surface area contributed by atoms with Crippen molar-refractivity contribution < 1.29 is 0 Å². The summed E-state index contributed by atoms with van der Waals surface area (Å²) in [6.07, 6.45) is 5.07. The molecule has 0 bridgehead atoms. The molecule has 0 amide bonds. The Kier molecular flexibility index (Phi) is 4.85. The molecular weight excluding hydrogens is 272 g/mol. The van der Waals surface area contributed by atoms with Gasteiger partial charge in [-0.05, 0) is 45.8 Å². The molecule has 1 aliphatic rings. The van der Waals surface area contributed by atoms with E-state index in [4.69, 9.17) is 11.6 Å². The first kappa shape index (κ1) is 15.1. The molecule has 1 saturated heterocycles. The number of anilines is 1. The van der Waals surface area contributed by atoms with Gasteiger partial charge in [0, 0.05) is 25.3 Å². The molecule has 4 nitrogen and oxygen atoms in total. The second kappa shape index (κ2) is 6.43. The fourth-order valence-electron chi connectivity index (χ4n) is 2.75. The topological polar surface area (TPSA) is 43.2 Å². The highest BCUT2D eigenvalue weighted by atomic mass is 35.5. The molecule has 5 heteroatoms. The Hall–Kier alpha value is -1.31. The third kappa shape index (κ3) is 3.05. The second-order valence-electron chi connectivity index (χ2n) is 5.58. The van der Waals surface area contributed by atoms with Crippen LogP contribution in [0.4, 0.5) is 5.82 Å². The Morgan fingerprint density at radius 2 is 2.15 bits per heavy atom. The first-order chi connectivity index (χ1) is 9.54. The summed E-state index contributed by atoms with van der Waals surface area (Å²) in [6, 6.07) is 2.87. The lowest BCUT2D eigenvalue weighted by molar-refractivity contribution is 0.272. The number of halogens is 1. The number of nitriles is 1. The molecule has 0 unspecified atom stereocenters. The molecule has 0 spiro atoms. The van der Waals surface area contributed by atoms with Crippen LogP contribution in [-0.4, -0.2) is 43.1 Å². The lowest BCUT2D eigenvalue weighted by atomic mass is 10.1. The van der Waals surface area contributed by atoms with Crippen molar-refractivity contribution in [3.05, 3.63) is 22.3 Å². The highest BCUT2D eigenvalue weighted by molar-refractivity contribution is 6.31. The van der Waals surface area contributed by atoms with Gasteiger partial charge in [0.2, 0.25) is 0 Å². The van der Waals surface area contributed by atoms with Gasteiger partial charge in [0.05, 0.1) is 10.6 Å². The Balaban J connectivity index is 2.25. The summed E-state index contributed by atoms with van der Waals surface area (Å²) in [5, 5.41) is 9.94. The number of hydrogen-bond donors (Lipinski definition) is 0. The first-order valence-electron chi connectivity index (χ1n) is 7.01. The third-order valence-corrected chi connectivity index (χ3v) is 4.48. The first-order valence-corrected chi connectivity index (χ1v) is 7.39. The van der Waals surface area contributed by atoms with Crippen LogP contribution in [0.5, 0.6) is 0 Å². The van der Waals surface area contributed by atoms with Crippen molar-refractivity contribution in [3.63, 3.8) is 0 Å². The smallest absolute Gasteiger partial charge is 0.146 e. The van der Waals surface area contributed by atoms with Crippen molar-refractivity contribution in [2.24, 2.45) is 0 Å². The van der Waals surface area contributed by atoms with Gasteiger partial charge < -0.3 is 9.80 Å². The van der Waals surface area contributed by atoms with Gasteiger partial charge >= 0.3 is 0 Å². The van der Waals surface area contributed by atoms with Crippen LogP contribution in [0.15, 0.2) is 6.20 Å². The van der Waals surface area contributed by atoms with Gasteiger partial charge in [-0.25, -0.2) is 4.98 Å². The Bertz CT molecular complexity index is 521. The van der Waals surface area contributed by atoms with Crippen molar-refractivity contribution in [1.82, 2.24) is 9.88 Å². The summed E-state index contributed by atoms with van der Waals surface area (Å²) in [5.74, 6) is 0.786. The van der Waals surface area contributed by atoms with E-state index in [9.17, 15) is 5.26 Å². The van der Waals surface area contributed by atoms with E-state index in [1.54, 1.807) is 6.20 Å². The summed E-state index contributed by atoms with van der Waals surface area (Å²) in [6.45, 7) is 3.77. The summed E-state index contributed by atoms with van der Waals surface area (Å²) >= 11 is 6.06. The normalized spacial score (nSPS) is 19.8. The zero-order chi connectivity index (χ0) is 14.7. The summed E-state index contributed by atoms with van der Waals surface area (Å²) < 4.78 is 0. The number of rotatable bonds is 2. The average molecular weight is 293 g/mol. The molecule has 0 saturated carbocycles. The minimum absolute atomic E-state index is 0.561.